The highest BCUT2D eigenvalue weighted by molar-refractivity contribution is 6.53. The molecule has 0 radical (unpaired) electrons. The quantitative estimate of drug-likeness (QED) is 0.567. The first kappa shape index (κ1) is 7.47. The SMILES string of the molecule is FCC[SiH2]c1ccccc1. The largest absolute Gasteiger partial charge is 0.251 e. The normalized spacial score (nSPS) is 10.9. The van der Waals surface area contributed by atoms with Crippen molar-refractivity contribution in [3.05, 3.63) is 30.3 Å². The van der Waals surface area contributed by atoms with Crippen molar-refractivity contribution in [1.29, 1.82) is 0 Å². The topological polar surface area (TPSA) is 0 Å². The molecule has 0 aliphatic carbocycles. The summed E-state index contributed by atoms with van der Waals surface area (Å²) in [6, 6.07) is 11.0. The van der Waals surface area contributed by atoms with Crippen LogP contribution in [0.4, 0.5) is 4.39 Å². The lowest BCUT2D eigenvalue weighted by molar-refractivity contribution is 0.526. The van der Waals surface area contributed by atoms with Gasteiger partial charge in [-0.1, -0.05) is 35.5 Å². The summed E-state index contributed by atoms with van der Waals surface area (Å²) in [6.07, 6.45) is 0. The number of alkyl halides is 1. The van der Waals surface area contributed by atoms with E-state index in [1.165, 1.54) is 5.19 Å². The summed E-state index contributed by atoms with van der Waals surface area (Å²) in [7, 11) is -0.286. The van der Waals surface area contributed by atoms with Crippen molar-refractivity contribution in [2.75, 3.05) is 6.67 Å². The first-order valence-corrected chi connectivity index (χ1v) is 5.24. The third-order valence-electron chi connectivity index (χ3n) is 1.44. The Morgan fingerprint density at radius 1 is 1.20 bits per heavy atom. The molecule has 0 amide bonds. The van der Waals surface area contributed by atoms with Crippen LogP contribution in [0.3, 0.4) is 0 Å². The third kappa shape index (κ3) is 2.31. The van der Waals surface area contributed by atoms with E-state index >= 15 is 0 Å². The maximum Gasteiger partial charge on any atom is 0.0869 e. The molecule has 0 saturated heterocycles. The lowest BCUT2D eigenvalue weighted by Crippen LogP contribution is -2.12. The average molecular weight is 154 g/mol. The Labute approximate surface area is 62.9 Å². The molecule has 0 spiro atoms. The Morgan fingerprint density at radius 3 is 2.50 bits per heavy atom. The van der Waals surface area contributed by atoms with Crippen LogP contribution in [0.5, 0.6) is 0 Å². The predicted octanol–water partition coefficient (Wildman–Crippen LogP) is 0.868. The molecule has 1 aromatic rings. The van der Waals surface area contributed by atoms with Crippen molar-refractivity contribution < 1.29 is 4.39 Å². The number of halogens is 1. The molecule has 1 rings (SSSR count). The van der Waals surface area contributed by atoms with Crippen molar-refractivity contribution in [3.8, 4) is 0 Å². The van der Waals surface area contributed by atoms with Crippen molar-refractivity contribution in [2.24, 2.45) is 0 Å². The molecule has 0 aromatic heterocycles. The molecule has 0 aliphatic heterocycles. The highest BCUT2D eigenvalue weighted by Crippen LogP contribution is 1.84. The van der Waals surface area contributed by atoms with Crippen LogP contribution >= 0.6 is 0 Å². The number of hydrogen-bond acceptors (Lipinski definition) is 0. The van der Waals surface area contributed by atoms with Crippen molar-refractivity contribution in [1.82, 2.24) is 0 Å². The fourth-order valence-corrected chi connectivity index (χ4v) is 2.06. The minimum absolute atomic E-state index is 0.152. The van der Waals surface area contributed by atoms with Gasteiger partial charge in [-0.2, -0.15) is 0 Å². The van der Waals surface area contributed by atoms with Crippen LogP contribution in [0.2, 0.25) is 6.04 Å². The van der Waals surface area contributed by atoms with Crippen LogP contribution < -0.4 is 5.19 Å². The van der Waals surface area contributed by atoms with Gasteiger partial charge < -0.3 is 0 Å². The van der Waals surface area contributed by atoms with E-state index in [1.54, 1.807) is 0 Å². The maximum atomic E-state index is 11.7. The van der Waals surface area contributed by atoms with E-state index in [9.17, 15) is 4.39 Å². The minimum atomic E-state index is -0.286. The summed E-state index contributed by atoms with van der Waals surface area (Å²) in [5, 5.41) is 1.36. The summed E-state index contributed by atoms with van der Waals surface area (Å²) < 4.78 is 11.7. The molecule has 10 heavy (non-hydrogen) atoms. The van der Waals surface area contributed by atoms with E-state index in [-0.39, 0.29) is 16.2 Å². The van der Waals surface area contributed by atoms with E-state index in [1.807, 2.05) is 18.2 Å². The standard InChI is InChI=1S/C8H11FSi/c9-6-7-10-8-4-2-1-3-5-8/h1-5H,6-7,10H2. The second-order valence-electron chi connectivity index (χ2n) is 2.28. The van der Waals surface area contributed by atoms with Crippen LogP contribution in [0.1, 0.15) is 0 Å². The molecule has 1 aromatic carbocycles. The molecule has 54 valence electrons. The van der Waals surface area contributed by atoms with Crippen molar-refractivity contribution in [3.63, 3.8) is 0 Å². The number of hydrogen-bond donors (Lipinski definition) is 0. The van der Waals surface area contributed by atoms with E-state index in [4.69, 9.17) is 0 Å². The first-order valence-electron chi connectivity index (χ1n) is 3.53. The van der Waals surface area contributed by atoms with E-state index in [0.29, 0.717) is 0 Å². The second-order valence-corrected chi connectivity index (χ2v) is 4.30. The zero-order chi connectivity index (χ0) is 7.23. The molecule has 2 heteroatoms. The Hall–Kier alpha value is -0.633. The van der Waals surface area contributed by atoms with E-state index in [2.05, 4.69) is 12.1 Å². The Bertz CT molecular complexity index is 174. The average Bonchev–Trinajstić information content (AvgIpc) is 2.03. The predicted molar refractivity (Wildman–Crippen MR) is 45.4 cm³/mol. The van der Waals surface area contributed by atoms with Crippen LogP contribution in [0.15, 0.2) is 30.3 Å². The molecule has 0 saturated carbocycles. The summed E-state index contributed by atoms with van der Waals surface area (Å²) >= 11 is 0. The van der Waals surface area contributed by atoms with Gasteiger partial charge in [0.05, 0.1) is 16.2 Å². The molecule has 0 bridgehead atoms. The fraction of sp³-hybridized carbons (Fsp3) is 0.250. The molecule has 0 aliphatic rings. The summed E-state index contributed by atoms with van der Waals surface area (Å²) in [6.45, 7) is -0.152. The summed E-state index contributed by atoms with van der Waals surface area (Å²) in [4.78, 5) is 0. The first-order chi connectivity index (χ1) is 4.93. The highest BCUT2D eigenvalue weighted by Gasteiger charge is 1.89. The monoisotopic (exact) mass is 154 g/mol. The zero-order valence-electron chi connectivity index (χ0n) is 5.89. The van der Waals surface area contributed by atoms with E-state index < -0.39 is 0 Å². The van der Waals surface area contributed by atoms with Gasteiger partial charge in [0.15, 0.2) is 0 Å². The molecule has 0 fully saturated rings. The number of benzene rings is 1. The van der Waals surface area contributed by atoms with Gasteiger partial charge in [-0.3, -0.25) is 4.39 Å². The van der Waals surface area contributed by atoms with Crippen LogP contribution in [-0.4, -0.2) is 16.2 Å². The highest BCUT2D eigenvalue weighted by atomic mass is 28.2. The Morgan fingerprint density at radius 2 is 1.90 bits per heavy atom. The van der Waals surface area contributed by atoms with Gasteiger partial charge in [-0.25, -0.2) is 0 Å². The maximum absolute atomic E-state index is 11.7. The van der Waals surface area contributed by atoms with E-state index in [0.717, 1.165) is 6.04 Å². The zero-order valence-corrected chi connectivity index (χ0v) is 7.30. The lowest BCUT2D eigenvalue weighted by Gasteiger charge is -1.94. The summed E-state index contributed by atoms with van der Waals surface area (Å²) in [5.74, 6) is 0. The minimum Gasteiger partial charge on any atom is -0.251 e. The molecular formula is C8H11FSi. The van der Waals surface area contributed by atoms with Crippen molar-refractivity contribution >= 4 is 14.7 Å². The van der Waals surface area contributed by atoms with Crippen LogP contribution in [0.25, 0.3) is 0 Å². The Balaban J connectivity index is 2.43. The van der Waals surface area contributed by atoms with Gasteiger partial charge in [0, 0.05) is 0 Å². The molecular weight excluding hydrogens is 143 g/mol. The summed E-state index contributed by atoms with van der Waals surface area (Å²) in [5.41, 5.74) is 0. The van der Waals surface area contributed by atoms with Crippen LogP contribution in [-0.2, 0) is 0 Å². The number of rotatable bonds is 3. The van der Waals surface area contributed by atoms with Gasteiger partial charge in [-0.15, -0.1) is 0 Å². The lowest BCUT2D eigenvalue weighted by atomic mass is 10.4. The van der Waals surface area contributed by atoms with Crippen molar-refractivity contribution in [2.45, 2.75) is 6.04 Å². The fourth-order valence-electron chi connectivity index (χ4n) is 0.916. The second kappa shape index (κ2) is 4.23. The molecule has 0 nitrogen and oxygen atoms in total. The Kier molecular flexibility index (Phi) is 3.16. The molecule has 0 atom stereocenters. The molecule has 0 heterocycles. The third-order valence-corrected chi connectivity index (χ3v) is 3.11. The van der Waals surface area contributed by atoms with Gasteiger partial charge >= 0.3 is 0 Å². The van der Waals surface area contributed by atoms with Gasteiger partial charge in [0.2, 0.25) is 0 Å². The van der Waals surface area contributed by atoms with Gasteiger partial charge in [-0.05, 0) is 6.04 Å². The van der Waals surface area contributed by atoms with Gasteiger partial charge in [0.25, 0.3) is 0 Å². The smallest absolute Gasteiger partial charge is 0.0869 e. The van der Waals surface area contributed by atoms with Crippen LogP contribution in [0, 0.1) is 0 Å². The van der Waals surface area contributed by atoms with Gasteiger partial charge in [0.1, 0.15) is 0 Å². The molecule has 0 N–H and O–H groups in total. The molecule has 0 unspecified atom stereocenters.